The van der Waals surface area contributed by atoms with Crippen molar-refractivity contribution in [2.45, 2.75) is 0 Å². The van der Waals surface area contributed by atoms with Crippen LogP contribution in [-0.2, 0) is 0 Å². The van der Waals surface area contributed by atoms with Crippen molar-refractivity contribution in [3.63, 3.8) is 0 Å². The molecule has 0 N–H and O–H groups in total. The van der Waals surface area contributed by atoms with Crippen LogP contribution in [0.3, 0.4) is 0 Å². The number of anilines is 1. The van der Waals surface area contributed by atoms with Crippen LogP contribution in [0.2, 0.25) is 0 Å². The molecule has 25 heavy (non-hydrogen) atoms. The Morgan fingerprint density at radius 1 is 1.08 bits per heavy atom. The van der Waals surface area contributed by atoms with Crippen molar-refractivity contribution in [1.82, 2.24) is 0 Å². The maximum atomic E-state index is 13.9. The van der Waals surface area contributed by atoms with Crippen LogP contribution in [-0.4, -0.2) is 13.0 Å². The molecular weight excluding hydrogens is 341 g/mol. The van der Waals surface area contributed by atoms with Crippen molar-refractivity contribution in [2.24, 2.45) is 0 Å². The van der Waals surface area contributed by atoms with Crippen molar-refractivity contribution in [1.29, 1.82) is 0 Å². The first-order chi connectivity index (χ1) is 12.1. The minimum atomic E-state index is -0.488. The predicted molar refractivity (Wildman–Crippen MR) is 97.0 cm³/mol. The van der Waals surface area contributed by atoms with Gasteiger partial charge in [0.2, 0.25) is 0 Å². The number of carbonyl (C=O) groups is 1. The van der Waals surface area contributed by atoms with Gasteiger partial charge in [-0.3, -0.25) is 4.79 Å². The lowest BCUT2D eigenvalue weighted by Gasteiger charge is -2.16. The lowest BCUT2D eigenvalue weighted by Crippen LogP contribution is -2.26. The topological polar surface area (TPSA) is 50.5 Å². The first-order valence-corrected chi connectivity index (χ1v) is 8.36. The molecule has 0 unspecified atom stereocenters. The molecule has 0 radical (unpaired) electrons. The molecule has 6 heteroatoms. The molecule has 4 aromatic rings. The second-order valence-electron chi connectivity index (χ2n) is 5.55. The van der Waals surface area contributed by atoms with Crippen molar-refractivity contribution in [3.05, 3.63) is 75.7 Å². The standard InChI is InChI=1S/C19H12FNO3S/c1-21(14-8-4-3-7-13(14)20)18(22)16-10-12-17(25-16)11-6-2-5-9-15(11)24-19(12)23/h2-10H,1H3. The molecule has 0 saturated heterocycles. The quantitative estimate of drug-likeness (QED) is 0.501. The molecule has 2 heterocycles. The molecule has 4 rings (SSSR count). The second kappa shape index (κ2) is 5.82. The van der Waals surface area contributed by atoms with Crippen molar-refractivity contribution in [2.75, 3.05) is 11.9 Å². The van der Waals surface area contributed by atoms with E-state index < -0.39 is 11.4 Å². The molecule has 0 aliphatic heterocycles. The fourth-order valence-corrected chi connectivity index (χ4v) is 3.90. The average molecular weight is 353 g/mol. The zero-order valence-corrected chi connectivity index (χ0v) is 14.0. The van der Waals surface area contributed by atoms with Gasteiger partial charge in [0, 0.05) is 12.4 Å². The van der Waals surface area contributed by atoms with E-state index in [0.29, 0.717) is 20.5 Å². The predicted octanol–water partition coefficient (Wildman–Crippen LogP) is 4.42. The maximum Gasteiger partial charge on any atom is 0.345 e. The summed E-state index contributed by atoms with van der Waals surface area (Å²) in [7, 11) is 1.51. The van der Waals surface area contributed by atoms with Crippen molar-refractivity contribution < 1.29 is 13.6 Å². The summed E-state index contributed by atoms with van der Waals surface area (Å²) in [6.45, 7) is 0. The first-order valence-electron chi connectivity index (χ1n) is 7.54. The number of amides is 1. The van der Waals surface area contributed by atoms with Gasteiger partial charge in [-0.25, -0.2) is 9.18 Å². The maximum absolute atomic E-state index is 13.9. The van der Waals surface area contributed by atoms with E-state index in [-0.39, 0.29) is 11.6 Å². The number of rotatable bonds is 2. The van der Waals surface area contributed by atoms with Gasteiger partial charge in [0.15, 0.2) is 0 Å². The Morgan fingerprint density at radius 3 is 2.60 bits per heavy atom. The number of halogens is 1. The number of carbonyl (C=O) groups excluding carboxylic acids is 1. The number of thiophene rings is 1. The summed E-state index contributed by atoms with van der Waals surface area (Å²) < 4.78 is 19.9. The monoisotopic (exact) mass is 353 g/mol. The molecule has 0 fully saturated rings. The Kier molecular flexibility index (Phi) is 3.62. The van der Waals surface area contributed by atoms with E-state index in [1.165, 1.54) is 41.5 Å². The van der Waals surface area contributed by atoms with Crippen LogP contribution >= 0.6 is 11.3 Å². The van der Waals surface area contributed by atoms with Gasteiger partial charge in [-0.05, 0) is 30.3 Å². The number of nitrogens with zero attached hydrogens (tertiary/aromatic N) is 1. The third-order valence-corrected chi connectivity index (χ3v) is 5.17. The lowest BCUT2D eigenvalue weighted by molar-refractivity contribution is 0.0996. The highest BCUT2D eigenvalue weighted by molar-refractivity contribution is 7.21. The molecule has 0 saturated carbocycles. The van der Waals surface area contributed by atoms with Crippen LogP contribution in [0.15, 0.2) is 63.8 Å². The second-order valence-corrected chi connectivity index (χ2v) is 6.61. The molecule has 2 aromatic heterocycles. The summed E-state index contributed by atoms with van der Waals surface area (Å²) in [6, 6.07) is 14.7. The van der Waals surface area contributed by atoms with E-state index in [2.05, 4.69) is 0 Å². The first kappa shape index (κ1) is 15.5. The molecule has 0 aliphatic rings. The smallest absolute Gasteiger partial charge is 0.345 e. The third kappa shape index (κ3) is 2.51. The van der Waals surface area contributed by atoms with Gasteiger partial charge in [-0.15, -0.1) is 11.3 Å². The highest BCUT2D eigenvalue weighted by Crippen LogP contribution is 2.31. The van der Waals surface area contributed by atoms with E-state index in [1.807, 2.05) is 12.1 Å². The fourth-order valence-electron chi connectivity index (χ4n) is 2.74. The highest BCUT2D eigenvalue weighted by Gasteiger charge is 2.21. The van der Waals surface area contributed by atoms with Crippen LogP contribution in [0.4, 0.5) is 10.1 Å². The molecule has 1 amide bonds. The Morgan fingerprint density at radius 2 is 1.80 bits per heavy atom. The molecule has 2 aromatic carbocycles. The normalized spacial score (nSPS) is 11.1. The highest BCUT2D eigenvalue weighted by atomic mass is 32.1. The molecule has 0 aliphatic carbocycles. The summed E-state index contributed by atoms with van der Waals surface area (Å²) in [5.41, 5.74) is 0.169. The van der Waals surface area contributed by atoms with Gasteiger partial charge in [0.25, 0.3) is 5.91 Å². The van der Waals surface area contributed by atoms with Gasteiger partial charge in [-0.2, -0.15) is 0 Å². The summed E-state index contributed by atoms with van der Waals surface area (Å²) in [5, 5.41) is 1.13. The largest absolute Gasteiger partial charge is 0.422 e. The van der Waals surface area contributed by atoms with Gasteiger partial charge >= 0.3 is 5.63 Å². The van der Waals surface area contributed by atoms with Crippen LogP contribution in [0, 0.1) is 5.82 Å². The molecule has 0 atom stereocenters. The van der Waals surface area contributed by atoms with E-state index in [0.717, 1.165) is 5.39 Å². The van der Waals surface area contributed by atoms with Crippen LogP contribution in [0.25, 0.3) is 21.1 Å². The Balaban J connectivity index is 1.86. The SMILES string of the molecule is CN(C(=O)c1cc2c(=O)oc3ccccc3c2s1)c1ccccc1F. The zero-order valence-electron chi connectivity index (χ0n) is 13.2. The van der Waals surface area contributed by atoms with Gasteiger partial charge < -0.3 is 9.32 Å². The molecule has 4 nitrogen and oxygen atoms in total. The Labute approximate surface area is 145 Å². The molecule has 124 valence electrons. The average Bonchev–Trinajstić information content (AvgIpc) is 3.07. The molecule has 0 spiro atoms. The minimum absolute atomic E-state index is 0.182. The van der Waals surface area contributed by atoms with Crippen molar-refractivity contribution in [3.8, 4) is 0 Å². The van der Waals surface area contributed by atoms with Crippen LogP contribution in [0.5, 0.6) is 0 Å². The lowest BCUT2D eigenvalue weighted by atomic mass is 10.2. The number of benzene rings is 2. The van der Waals surface area contributed by atoms with Gasteiger partial charge in [0.1, 0.15) is 11.4 Å². The number of hydrogen-bond acceptors (Lipinski definition) is 4. The van der Waals surface area contributed by atoms with E-state index in [9.17, 15) is 14.0 Å². The number of hydrogen-bond donors (Lipinski definition) is 0. The summed E-state index contributed by atoms with van der Waals surface area (Å²) in [5.74, 6) is -0.862. The zero-order chi connectivity index (χ0) is 17.6. The number of fused-ring (bicyclic) bond motifs is 3. The van der Waals surface area contributed by atoms with Crippen molar-refractivity contribution >= 4 is 44.0 Å². The fraction of sp³-hybridized carbons (Fsp3) is 0.0526. The van der Waals surface area contributed by atoms with Crippen LogP contribution in [0.1, 0.15) is 9.67 Å². The Bertz CT molecular complexity index is 1180. The van der Waals surface area contributed by atoms with E-state index in [1.54, 1.807) is 24.3 Å². The molecule has 0 bridgehead atoms. The van der Waals surface area contributed by atoms with Crippen LogP contribution < -0.4 is 10.5 Å². The summed E-state index contributed by atoms with van der Waals surface area (Å²) >= 11 is 1.20. The van der Waals surface area contributed by atoms with E-state index >= 15 is 0 Å². The van der Waals surface area contributed by atoms with E-state index in [4.69, 9.17) is 4.42 Å². The summed E-state index contributed by atoms with van der Waals surface area (Å²) in [4.78, 5) is 26.5. The number of para-hydroxylation sites is 2. The molecular formula is C19H12FNO3S. The van der Waals surface area contributed by atoms with Gasteiger partial charge in [0.05, 0.1) is 20.7 Å². The summed E-state index contributed by atoms with van der Waals surface area (Å²) in [6.07, 6.45) is 0. The third-order valence-electron chi connectivity index (χ3n) is 4.02. The Hall–Kier alpha value is -2.99. The van der Waals surface area contributed by atoms with Gasteiger partial charge in [-0.1, -0.05) is 24.3 Å². The minimum Gasteiger partial charge on any atom is -0.422 e.